The van der Waals surface area contributed by atoms with Crippen LogP contribution in [0.3, 0.4) is 0 Å². The lowest BCUT2D eigenvalue weighted by Gasteiger charge is -2.12. The molecule has 0 fully saturated rings. The van der Waals surface area contributed by atoms with Crippen molar-refractivity contribution in [3.8, 4) is 5.75 Å². The summed E-state index contributed by atoms with van der Waals surface area (Å²) in [7, 11) is 1.36. The molecule has 2 aromatic carbocycles. The molecule has 0 saturated carbocycles. The van der Waals surface area contributed by atoms with Gasteiger partial charge in [-0.1, -0.05) is 23.2 Å². The minimum absolute atomic E-state index is 0.0692. The van der Waals surface area contributed by atoms with Gasteiger partial charge in [-0.3, -0.25) is 14.9 Å². The Hall–Kier alpha value is -2.51. The van der Waals surface area contributed by atoms with Crippen molar-refractivity contribution in [3.63, 3.8) is 0 Å². The highest BCUT2D eigenvalue weighted by atomic mass is 35.5. The number of carbonyl (C=O) groups is 1. The molecule has 2 aromatic rings. The SMILES string of the molecule is COc1cc([N+](=O)[O-])ccc1NC(=O)CNc1cc(Cl)ccc1Cl. The number of nitrogens with zero attached hydrogens (tertiary/aromatic N) is 1. The number of nitrogens with one attached hydrogen (secondary N) is 2. The van der Waals surface area contributed by atoms with Crippen LogP contribution in [0, 0.1) is 10.1 Å². The maximum Gasteiger partial charge on any atom is 0.273 e. The van der Waals surface area contributed by atoms with Gasteiger partial charge in [-0.15, -0.1) is 0 Å². The Morgan fingerprint density at radius 2 is 1.96 bits per heavy atom. The summed E-state index contributed by atoms with van der Waals surface area (Å²) in [5, 5.41) is 17.1. The van der Waals surface area contributed by atoms with Crippen LogP contribution in [0.25, 0.3) is 0 Å². The third kappa shape index (κ3) is 4.50. The third-order valence-electron chi connectivity index (χ3n) is 3.04. The van der Waals surface area contributed by atoms with Crippen LogP contribution in [-0.2, 0) is 4.79 Å². The smallest absolute Gasteiger partial charge is 0.273 e. The third-order valence-corrected chi connectivity index (χ3v) is 3.60. The van der Waals surface area contributed by atoms with Crippen molar-refractivity contribution in [3.05, 3.63) is 56.6 Å². The molecule has 2 N–H and O–H groups in total. The first kappa shape index (κ1) is 17.8. The molecule has 7 nitrogen and oxygen atoms in total. The van der Waals surface area contributed by atoms with E-state index in [4.69, 9.17) is 27.9 Å². The summed E-state index contributed by atoms with van der Waals surface area (Å²) in [4.78, 5) is 22.2. The number of hydrogen-bond donors (Lipinski definition) is 2. The Bertz CT molecular complexity index is 783. The van der Waals surface area contributed by atoms with Gasteiger partial charge in [0.05, 0.1) is 41.0 Å². The minimum atomic E-state index is -0.545. The first-order valence-corrected chi connectivity index (χ1v) is 7.47. The first-order valence-electron chi connectivity index (χ1n) is 6.72. The molecule has 0 aliphatic heterocycles. The normalized spacial score (nSPS) is 10.1. The van der Waals surface area contributed by atoms with Gasteiger partial charge in [-0.25, -0.2) is 0 Å². The fraction of sp³-hybridized carbons (Fsp3) is 0.133. The number of methoxy groups -OCH3 is 1. The Morgan fingerprint density at radius 1 is 1.21 bits per heavy atom. The number of anilines is 2. The van der Waals surface area contributed by atoms with Crippen LogP contribution in [0.1, 0.15) is 0 Å². The second-order valence-electron chi connectivity index (χ2n) is 4.67. The monoisotopic (exact) mass is 369 g/mol. The molecule has 0 saturated heterocycles. The van der Waals surface area contributed by atoms with Crippen LogP contribution in [-0.4, -0.2) is 24.5 Å². The van der Waals surface area contributed by atoms with Crippen LogP contribution in [0.15, 0.2) is 36.4 Å². The Kier molecular flexibility index (Phi) is 5.83. The van der Waals surface area contributed by atoms with Crippen molar-refractivity contribution in [1.29, 1.82) is 0 Å². The molecular weight excluding hydrogens is 357 g/mol. The Balaban J connectivity index is 2.04. The number of benzene rings is 2. The van der Waals surface area contributed by atoms with E-state index in [1.165, 1.54) is 25.3 Å². The van der Waals surface area contributed by atoms with E-state index in [2.05, 4.69) is 10.6 Å². The summed E-state index contributed by atoms with van der Waals surface area (Å²) >= 11 is 11.9. The van der Waals surface area contributed by atoms with E-state index in [0.717, 1.165) is 0 Å². The van der Waals surface area contributed by atoms with Gasteiger partial charge in [-0.2, -0.15) is 0 Å². The summed E-state index contributed by atoms with van der Waals surface area (Å²) in [6.07, 6.45) is 0. The van der Waals surface area contributed by atoms with Crippen molar-refractivity contribution in [2.24, 2.45) is 0 Å². The molecular formula is C15H13Cl2N3O4. The van der Waals surface area contributed by atoms with Crippen LogP contribution in [0.4, 0.5) is 17.1 Å². The molecule has 0 aromatic heterocycles. The predicted molar refractivity (Wildman–Crippen MR) is 93.2 cm³/mol. The number of carbonyl (C=O) groups excluding carboxylic acids is 1. The molecule has 2 rings (SSSR count). The number of hydrogen-bond acceptors (Lipinski definition) is 5. The number of halogens is 2. The largest absolute Gasteiger partial charge is 0.494 e. The van der Waals surface area contributed by atoms with Gasteiger partial charge >= 0.3 is 0 Å². The summed E-state index contributed by atoms with van der Waals surface area (Å²) in [6.45, 7) is -0.0692. The fourth-order valence-electron chi connectivity index (χ4n) is 1.90. The van der Waals surface area contributed by atoms with E-state index in [0.29, 0.717) is 21.4 Å². The number of amides is 1. The summed E-state index contributed by atoms with van der Waals surface area (Å²) in [6, 6.07) is 8.77. The zero-order valence-electron chi connectivity index (χ0n) is 12.5. The van der Waals surface area contributed by atoms with Gasteiger partial charge in [0.25, 0.3) is 5.69 Å². The molecule has 0 radical (unpaired) electrons. The summed E-state index contributed by atoms with van der Waals surface area (Å²) < 4.78 is 5.06. The van der Waals surface area contributed by atoms with Crippen LogP contribution in [0.2, 0.25) is 10.0 Å². The van der Waals surface area contributed by atoms with E-state index in [1.807, 2.05) is 0 Å². The molecule has 0 bridgehead atoms. The lowest BCUT2D eigenvalue weighted by molar-refractivity contribution is -0.384. The van der Waals surface area contributed by atoms with Crippen molar-refractivity contribution < 1.29 is 14.5 Å². The number of rotatable bonds is 6. The minimum Gasteiger partial charge on any atom is -0.494 e. The van der Waals surface area contributed by atoms with Gasteiger partial charge in [0, 0.05) is 11.1 Å². The van der Waals surface area contributed by atoms with E-state index >= 15 is 0 Å². The first-order chi connectivity index (χ1) is 11.4. The van der Waals surface area contributed by atoms with Gasteiger partial charge in [0.2, 0.25) is 5.91 Å². The molecule has 0 aliphatic rings. The molecule has 0 heterocycles. The predicted octanol–water partition coefficient (Wildman–Crippen LogP) is 3.96. The average molecular weight is 370 g/mol. The quantitative estimate of drug-likeness (QED) is 0.593. The van der Waals surface area contributed by atoms with Crippen LogP contribution < -0.4 is 15.4 Å². The lowest BCUT2D eigenvalue weighted by Crippen LogP contribution is -2.22. The molecule has 9 heteroatoms. The van der Waals surface area contributed by atoms with Crippen molar-refractivity contribution in [2.45, 2.75) is 0 Å². The molecule has 0 spiro atoms. The fourth-order valence-corrected chi connectivity index (χ4v) is 2.26. The zero-order valence-corrected chi connectivity index (χ0v) is 14.0. The second-order valence-corrected chi connectivity index (χ2v) is 5.51. The number of ether oxygens (including phenoxy) is 1. The lowest BCUT2D eigenvalue weighted by atomic mass is 10.2. The molecule has 24 heavy (non-hydrogen) atoms. The summed E-state index contributed by atoms with van der Waals surface area (Å²) in [5.41, 5.74) is 0.718. The number of non-ortho nitro benzene ring substituents is 1. The second kappa shape index (κ2) is 7.85. The van der Waals surface area contributed by atoms with Gasteiger partial charge < -0.3 is 15.4 Å². The number of nitro benzene ring substituents is 1. The van der Waals surface area contributed by atoms with Gasteiger partial charge in [0.15, 0.2) is 0 Å². The topological polar surface area (TPSA) is 93.5 Å². The summed E-state index contributed by atoms with van der Waals surface area (Å²) in [5.74, 6) is -0.184. The zero-order chi connectivity index (χ0) is 17.7. The van der Waals surface area contributed by atoms with E-state index < -0.39 is 4.92 Å². The molecule has 0 aliphatic carbocycles. The highest BCUT2D eigenvalue weighted by Crippen LogP contribution is 2.29. The van der Waals surface area contributed by atoms with Crippen molar-refractivity contribution in [2.75, 3.05) is 24.3 Å². The number of nitro groups is 1. The van der Waals surface area contributed by atoms with Crippen molar-refractivity contribution in [1.82, 2.24) is 0 Å². The maximum absolute atomic E-state index is 12.0. The highest BCUT2D eigenvalue weighted by molar-refractivity contribution is 6.35. The molecule has 126 valence electrons. The van der Waals surface area contributed by atoms with Crippen LogP contribution >= 0.6 is 23.2 Å². The van der Waals surface area contributed by atoms with E-state index in [-0.39, 0.29) is 23.9 Å². The molecule has 0 unspecified atom stereocenters. The standard InChI is InChI=1S/C15H13Cl2N3O4/c1-24-14-7-10(20(22)23)3-5-12(14)19-15(21)8-18-13-6-9(16)2-4-11(13)17/h2-7,18H,8H2,1H3,(H,19,21). The average Bonchev–Trinajstić information content (AvgIpc) is 2.55. The Morgan fingerprint density at radius 3 is 2.62 bits per heavy atom. The molecule has 1 amide bonds. The highest BCUT2D eigenvalue weighted by Gasteiger charge is 2.13. The Labute approximate surface area is 147 Å². The maximum atomic E-state index is 12.0. The van der Waals surface area contributed by atoms with E-state index in [1.54, 1.807) is 18.2 Å². The van der Waals surface area contributed by atoms with Gasteiger partial charge in [0.1, 0.15) is 5.75 Å². The van der Waals surface area contributed by atoms with Gasteiger partial charge in [-0.05, 0) is 24.3 Å². The van der Waals surface area contributed by atoms with Crippen molar-refractivity contribution >= 4 is 46.2 Å². The van der Waals surface area contributed by atoms with E-state index in [9.17, 15) is 14.9 Å². The van der Waals surface area contributed by atoms with Crippen LogP contribution in [0.5, 0.6) is 5.75 Å². The molecule has 0 atom stereocenters.